The van der Waals surface area contributed by atoms with Crippen molar-refractivity contribution in [3.63, 3.8) is 0 Å². The highest BCUT2D eigenvalue weighted by atomic mass is 35.5. The van der Waals surface area contributed by atoms with E-state index in [0.29, 0.717) is 11.4 Å². The van der Waals surface area contributed by atoms with E-state index in [0.717, 1.165) is 22.1 Å². The number of benzene rings is 1. The summed E-state index contributed by atoms with van der Waals surface area (Å²) in [6.07, 6.45) is 2.17. The molecule has 1 N–H and O–H groups in total. The highest BCUT2D eigenvalue weighted by Gasteiger charge is 2.31. The fourth-order valence-electron chi connectivity index (χ4n) is 2.75. The van der Waals surface area contributed by atoms with Gasteiger partial charge in [-0.15, -0.1) is 11.3 Å². The number of rotatable bonds is 2. The quantitative estimate of drug-likeness (QED) is 0.770. The van der Waals surface area contributed by atoms with Gasteiger partial charge in [-0.2, -0.15) is 0 Å². The van der Waals surface area contributed by atoms with E-state index in [2.05, 4.69) is 16.4 Å². The van der Waals surface area contributed by atoms with Gasteiger partial charge in [0.1, 0.15) is 12.1 Å². The third-order valence-corrected chi connectivity index (χ3v) is 4.97. The van der Waals surface area contributed by atoms with Gasteiger partial charge in [0, 0.05) is 27.9 Å². The number of fused-ring (bicyclic) bond motifs is 1. The predicted octanol–water partition coefficient (Wildman–Crippen LogP) is 4.06. The van der Waals surface area contributed by atoms with Crippen molar-refractivity contribution in [1.82, 2.24) is 9.55 Å². The number of amides is 1. The number of hydrogen-bond acceptors (Lipinski definition) is 3. The van der Waals surface area contributed by atoms with Crippen LogP contribution in [0.2, 0.25) is 5.02 Å². The Labute approximate surface area is 136 Å². The van der Waals surface area contributed by atoms with E-state index in [1.807, 2.05) is 40.3 Å². The van der Waals surface area contributed by atoms with Gasteiger partial charge in [-0.3, -0.25) is 9.36 Å². The topological polar surface area (TPSA) is 46.9 Å². The minimum atomic E-state index is 0.00896. The minimum Gasteiger partial charge on any atom is -0.310 e. The Kier molecular flexibility index (Phi) is 3.24. The largest absolute Gasteiger partial charge is 0.310 e. The first-order valence-electron chi connectivity index (χ1n) is 6.89. The summed E-state index contributed by atoms with van der Waals surface area (Å²) in [5, 5.41) is 5.61. The molecule has 1 amide bonds. The molecule has 1 aromatic carbocycles. The summed E-state index contributed by atoms with van der Waals surface area (Å²) in [6.45, 7) is 0. The summed E-state index contributed by atoms with van der Waals surface area (Å²) in [4.78, 5) is 17.8. The SMILES string of the molecule is O=C1C[C@H](c2cccs2)c2ncn(-c3cccc(Cl)c3)c2N1. The molecule has 0 fully saturated rings. The first-order chi connectivity index (χ1) is 10.7. The summed E-state index contributed by atoms with van der Waals surface area (Å²) >= 11 is 7.72. The van der Waals surface area contributed by atoms with Crippen LogP contribution in [0.5, 0.6) is 0 Å². The molecule has 3 heterocycles. The number of carbonyl (C=O) groups is 1. The summed E-state index contributed by atoms with van der Waals surface area (Å²) in [5.74, 6) is 0.760. The number of imidazole rings is 1. The molecule has 0 saturated carbocycles. The number of thiophene rings is 1. The van der Waals surface area contributed by atoms with Crippen LogP contribution in [0.4, 0.5) is 5.82 Å². The Morgan fingerprint density at radius 3 is 3.00 bits per heavy atom. The van der Waals surface area contributed by atoms with Gasteiger partial charge in [0.25, 0.3) is 0 Å². The molecule has 1 aliphatic heterocycles. The summed E-state index contributed by atoms with van der Waals surface area (Å²) < 4.78 is 1.87. The van der Waals surface area contributed by atoms with E-state index in [9.17, 15) is 4.79 Å². The van der Waals surface area contributed by atoms with Gasteiger partial charge < -0.3 is 5.32 Å². The number of carbonyl (C=O) groups excluding carboxylic acids is 1. The lowest BCUT2D eigenvalue weighted by molar-refractivity contribution is -0.116. The van der Waals surface area contributed by atoms with Crippen molar-refractivity contribution >= 4 is 34.7 Å². The van der Waals surface area contributed by atoms with E-state index in [1.54, 1.807) is 17.7 Å². The molecular weight excluding hydrogens is 318 g/mol. The van der Waals surface area contributed by atoms with Crippen LogP contribution in [0.3, 0.4) is 0 Å². The maximum Gasteiger partial charge on any atom is 0.226 e. The first kappa shape index (κ1) is 13.5. The lowest BCUT2D eigenvalue weighted by atomic mass is 9.96. The van der Waals surface area contributed by atoms with Crippen LogP contribution < -0.4 is 5.32 Å². The third kappa shape index (κ3) is 2.23. The molecule has 0 radical (unpaired) electrons. The molecule has 0 spiro atoms. The lowest BCUT2D eigenvalue weighted by Crippen LogP contribution is -2.24. The second kappa shape index (κ2) is 5.26. The molecule has 4 nitrogen and oxygen atoms in total. The summed E-state index contributed by atoms with van der Waals surface area (Å²) in [5.41, 5.74) is 1.79. The zero-order valence-electron chi connectivity index (χ0n) is 11.5. The zero-order chi connectivity index (χ0) is 15.1. The Morgan fingerprint density at radius 1 is 1.32 bits per heavy atom. The van der Waals surface area contributed by atoms with Crippen LogP contribution in [-0.2, 0) is 4.79 Å². The zero-order valence-corrected chi connectivity index (χ0v) is 13.1. The van der Waals surface area contributed by atoms with E-state index < -0.39 is 0 Å². The fraction of sp³-hybridized carbons (Fsp3) is 0.125. The fourth-order valence-corrected chi connectivity index (χ4v) is 3.77. The Morgan fingerprint density at radius 2 is 2.23 bits per heavy atom. The van der Waals surface area contributed by atoms with Crippen molar-refractivity contribution in [2.75, 3.05) is 5.32 Å². The maximum atomic E-state index is 12.1. The molecule has 2 aromatic heterocycles. The smallest absolute Gasteiger partial charge is 0.226 e. The summed E-state index contributed by atoms with van der Waals surface area (Å²) in [6, 6.07) is 11.5. The Balaban J connectivity index is 1.84. The van der Waals surface area contributed by atoms with E-state index >= 15 is 0 Å². The predicted molar refractivity (Wildman–Crippen MR) is 88.0 cm³/mol. The van der Waals surface area contributed by atoms with E-state index in [1.165, 1.54) is 0 Å². The van der Waals surface area contributed by atoms with Gasteiger partial charge in [0.2, 0.25) is 5.91 Å². The van der Waals surface area contributed by atoms with Gasteiger partial charge in [-0.1, -0.05) is 23.7 Å². The van der Waals surface area contributed by atoms with Crippen LogP contribution in [0.25, 0.3) is 5.69 Å². The van der Waals surface area contributed by atoms with Gasteiger partial charge >= 0.3 is 0 Å². The van der Waals surface area contributed by atoms with E-state index in [-0.39, 0.29) is 11.8 Å². The molecule has 6 heteroatoms. The standard InChI is InChI=1S/C16H12ClN3OS/c17-10-3-1-4-11(7-10)20-9-18-15-12(13-5-2-6-22-13)8-14(21)19-16(15)20/h1-7,9,12H,8H2,(H,19,21)/t12-/m1/s1. The second-order valence-corrected chi connectivity index (χ2v) is 6.56. The molecular formula is C16H12ClN3OS. The number of nitrogens with zero attached hydrogens (tertiary/aromatic N) is 2. The number of aromatic nitrogens is 2. The Hall–Kier alpha value is -2.11. The van der Waals surface area contributed by atoms with Crippen LogP contribution in [0, 0.1) is 0 Å². The average molecular weight is 330 g/mol. The normalized spacial score (nSPS) is 17.1. The van der Waals surface area contributed by atoms with Crippen molar-refractivity contribution in [1.29, 1.82) is 0 Å². The number of anilines is 1. The number of nitrogens with one attached hydrogen (secondary N) is 1. The second-order valence-electron chi connectivity index (χ2n) is 5.15. The minimum absolute atomic E-state index is 0.00896. The number of hydrogen-bond donors (Lipinski definition) is 1. The highest BCUT2D eigenvalue weighted by Crippen LogP contribution is 2.39. The van der Waals surface area contributed by atoms with Gasteiger partial charge in [0.15, 0.2) is 0 Å². The van der Waals surface area contributed by atoms with Gasteiger partial charge in [-0.25, -0.2) is 4.98 Å². The lowest BCUT2D eigenvalue weighted by Gasteiger charge is -2.22. The third-order valence-electron chi connectivity index (χ3n) is 3.75. The molecule has 1 aliphatic rings. The van der Waals surface area contributed by atoms with Crippen molar-refractivity contribution in [3.8, 4) is 5.69 Å². The van der Waals surface area contributed by atoms with Crippen molar-refractivity contribution < 1.29 is 4.79 Å². The molecule has 0 saturated heterocycles. The molecule has 3 aromatic rings. The molecule has 0 aliphatic carbocycles. The molecule has 4 rings (SSSR count). The van der Waals surface area contributed by atoms with Gasteiger partial charge in [0.05, 0.1) is 5.69 Å². The van der Waals surface area contributed by atoms with Crippen molar-refractivity contribution in [2.24, 2.45) is 0 Å². The highest BCUT2D eigenvalue weighted by molar-refractivity contribution is 7.10. The monoisotopic (exact) mass is 329 g/mol. The van der Waals surface area contributed by atoms with Crippen molar-refractivity contribution in [3.05, 3.63) is 63.7 Å². The molecule has 0 unspecified atom stereocenters. The first-order valence-corrected chi connectivity index (χ1v) is 8.14. The van der Waals surface area contributed by atoms with Crippen LogP contribution in [0.15, 0.2) is 48.1 Å². The molecule has 0 bridgehead atoms. The van der Waals surface area contributed by atoms with Crippen LogP contribution >= 0.6 is 22.9 Å². The van der Waals surface area contributed by atoms with Crippen molar-refractivity contribution in [2.45, 2.75) is 12.3 Å². The molecule has 22 heavy (non-hydrogen) atoms. The maximum absolute atomic E-state index is 12.1. The average Bonchev–Trinajstić information content (AvgIpc) is 3.16. The summed E-state index contributed by atoms with van der Waals surface area (Å²) in [7, 11) is 0. The van der Waals surface area contributed by atoms with Gasteiger partial charge in [-0.05, 0) is 29.6 Å². The van der Waals surface area contributed by atoms with Crippen LogP contribution in [-0.4, -0.2) is 15.5 Å². The van der Waals surface area contributed by atoms with E-state index in [4.69, 9.17) is 11.6 Å². The molecule has 1 atom stereocenters. The van der Waals surface area contributed by atoms with Crippen LogP contribution in [0.1, 0.15) is 22.9 Å². The Bertz CT molecular complexity index is 841. The number of halogens is 1. The molecule has 110 valence electrons.